The second-order valence-corrected chi connectivity index (χ2v) is 7.41. The highest BCUT2D eigenvalue weighted by molar-refractivity contribution is 7.99. The standard InChI is InChI=1S/C20H22F2N2O2S/c1-13(2)18(24-17(25)12-14-6-4-3-5-7-14)19(26)23-15-8-10-16(11-9-15)27-20(21)22/h3-11,13,18,20H,12H2,1-2H3,(H,23,26)(H,24,25). The van der Waals surface area contributed by atoms with Gasteiger partial charge in [0.15, 0.2) is 0 Å². The van der Waals surface area contributed by atoms with Crippen LogP contribution in [-0.2, 0) is 16.0 Å². The zero-order valence-corrected chi connectivity index (χ0v) is 15.9. The van der Waals surface area contributed by atoms with E-state index in [1.54, 1.807) is 12.1 Å². The molecule has 0 heterocycles. The average Bonchev–Trinajstić information content (AvgIpc) is 2.61. The third-order valence-electron chi connectivity index (χ3n) is 3.82. The summed E-state index contributed by atoms with van der Waals surface area (Å²) in [7, 11) is 0. The molecule has 2 rings (SSSR count). The molecule has 0 fully saturated rings. The molecule has 2 aromatic rings. The molecule has 0 aliphatic heterocycles. The lowest BCUT2D eigenvalue weighted by molar-refractivity contribution is -0.127. The summed E-state index contributed by atoms with van der Waals surface area (Å²) in [5, 5.41) is 5.49. The maximum Gasteiger partial charge on any atom is 0.288 e. The molecule has 0 radical (unpaired) electrons. The molecule has 0 aliphatic carbocycles. The van der Waals surface area contributed by atoms with Crippen LogP contribution in [0.2, 0.25) is 0 Å². The summed E-state index contributed by atoms with van der Waals surface area (Å²) in [4.78, 5) is 25.2. The van der Waals surface area contributed by atoms with E-state index in [4.69, 9.17) is 0 Å². The Morgan fingerprint density at radius 2 is 1.63 bits per heavy atom. The molecular formula is C20H22F2N2O2S. The van der Waals surface area contributed by atoms with Gasteiger partial charge in [0, 0.05) is 10.6 Å². The van der Waals surface area contributed by atoms with Gasteiger partial charge in [0.25, 0.3) is 5.76 Å². The van der Waals surface area contributed by atoms with Crippen LogP contribution < -0.4 is 10.6 Å². The van der Waals surface area contributed by atoms with E-state index in [0.29, 0.717) is 22.3 Å². The highest BCUT2D eigenvalue weighted by atomic mass is 32.2. The molecule has 1 atom stereocenters. The van der Waals surface area contributed by atoms with Crippen molar-refractivity contribution in [2.75, 3.05) is 5.32 Å². The summed E-state index contributed by atoms with van der Waals surface area (Å²) in [5.41, 5.74) is 1.35. The molecular weight excluding hydrogens is 370 g/mol. The fourth-order valence-electron chi connectivity index (χ4n) is 2.48. The van der Waals surface area contributed by atoms with Crippen molar-refractivity contribution in [2.24, 2.45) is 5.92 Å². The average molecular weight is 392 g/mol. The van der Waals surface area contributed by atoms with Crippen molar-refractivity contribution in [3.05, 3.63) is 60.2 Å². The SMILES string of the molecule is CC(C)C(NC(=O)Cc1ccccc1)C(=O)Nc1ccc(SC(F)F)cc1. The number of alkyl halides is 2. The van der Waals surface area contributed by atoms with Gasteiger partial charge in [0.05, 0.1) is 6.42 Å². The Balaban J connectivity index is 1.96. The fourth-order valence-corrected chi connectivity index (χ4v) is 2.98. The molecule has 2 N–H and O–H groups in total. The monoisotopic (exact) mass is 392 g/mol. The molecule has 144 valence electrons. The van der Waals surface area contributed by atoms with Gasteiger partial charge >= 0.3 is 0 Å². The first-order valence-corrected chi connectivity index (χ1v) is 9.42. The van der Waals surface area contributed by atoms with Crippen LogP contribution in [0.4, 0.5) is 14.5 Å². The summed E-state index contributed by atoms with van der Waals surface area (Å²) >= 11 is 0.443. The van der Waals surface area contributed by atoms with Crippen LogP contribution >= 0.6 is 11.8 Å². The second kappa shape index (κ2) is 10.1. The Hall–Kier alpha value is -2.41. The van der Waals surface area contributed by atoms with Crippen molar-refractivity contribution < 1.29 is 18.4 Å². The summed E-state index contributed by atoms with van der Waals surface area (Å²) in [6.07, 6.45) is 0.191. The van der Waals surface area contributed by atoms with Crippen molar-refractivity contribution in [3.63, 3.8) is 0 Å². The summed E-state index contributed by atoms with van der Waals surface area (Å²) in [5.74, 6) is -3.19. The normalized spacial score (nSPS) is 12.1. The third kappa shape index (κ3) is 7.02. The van der Waals surface area contributed by atoms with Crippen LogP contribution in [-0.4, -0.2) is 23.6 Å². The zero-order chi connectivity index (χ0) is 19.8. The molecule has 2 amide bonds. The number of carbonyl (C=O) groups excluding carboxylic acids is 2. The van der Waals surface area contributed by atoms with E-state index in [1.165, 1.54) is 12.1 Å². The van der Waals surface area contributed by atoms with E-state index in [-0.39, 0.29) is 24.2 Å². The maximum absolute atomic E-state index is 12.6. The second-order valence-electron chi connectivity index (χ2n) is 6.34. The van der Waals surface area contributed by atoms with Crippen molar-refractivity contribution in [3.8, 4) is 0 Å². The lowest BCUT2D eigenvalue weighted by atomic mass is 10.0. The van der Waals surface area contributed by atoms with Gasteiger partial charge in [0.2, 0.25) is 11.8 Å². The number of halogens is 2. The van der Waals surface area contributed by atoms with Crippen LogP contribution in [0, 0.1) is 5.92 Å². The van der Waals surface area contributed by atoms with E-state index in [1.807, 2.05) is 44.2 Å². The van der Waals surface area contributed by atoms with Gasteiger partial charge in [-0.2, -0.15) is 8.78 Å². The van der Waals surface area contributed by atoms with Crippen LogP contribution in [0.15, 0.2) is 59.5 Å². The van der Waals surface area contributed by atoms with Gasteiger partial charge in [-0.25, -0.2) is 0 Å². The predicted octanol–water partition coefficient (Wildman–Crippen LogP) is 4.32. The number of rotatable bonds is 8. The third-order valence-corrected chi connectivity index (χ3v) is 4.54. The number of nitrogens with one attached hydrogen (secondary N) is 2. The topological polar surface area (TPSA) is 58.2 Å². The van der Waals surface area contributed by atoms with Gasteiger partial charge in [-0.05, 0) is 35.7 Å². The Labute approximate surface area is 161 Å². The van der Waals surface area contributed by atoms with Crippen LogP contribution in [0.3, 0.4) is 0 Å². The smallest absolute Gasteiger partial charge is 0.288 e. The van der Waals surface area contributed by atoms with E-state index >= 15 is 0 Å². The Kier molecular flexibility index (Phi) is 7.79. The van der Waals surface area contributed by atoms with Gasteiger partial charge in [-0.3, -0.25) is 9.59 Å². The minimum absolute atomic E-state index is 0.113. The van der Waals surface area contributed by atoms with E-state index in [2.05, 4.69) is 10.6 Å². The molecule has 2 aromatic carbocycles. The van der Waals surface area contributed by atoms with Crippen molar-refractivity contribution in [1.29, 1.82) is 0 Å². The van der Waals surface area contributed by atoms with Crippen molar-refractivity contribution in [2.45, 2.75) is 37.0 Å². The molecule has 27 heavy (non-hydrogen) atoms. The van der Waals surface area contributed by atoms with Gasteiger partial charge < -0.3 is 10.6 Å². The van der Waals surface area contributed by atoms with E-state index < -0.39 is 11.8 Å². The fraction of sp³-hybridized carbons (Fsp3) is 0.300. The number of carbonyl (C=O) groups is 2. The summed E-state index contributed by atoms with van der Waals surface area (Å²) < 4.78 is 24.7. The quantitative estimate of drug-likeness (QED) is 0.658. The van der Waals surface area contributed by atoms with Gasteiger partial charge in [0.1, 0.15) is 6.04 Å². The summed E-state index contributed by atoms with van der Waals surface area (Å²) in [6, 6.07) is 14.7. The van der Waals surface area contributed by atoms with Crippen LogP contribution in [0.5, 0.6) is 0 Å². The number of amides is 2. The number of hydrogen-bond donors (Lipinski definition) is 2. The number of thioether (sulfide) groups is 1. The lowest BCUT2D eigenvalue weighted by Crippen LogP contribution is -2.47. The molecule has 7 heteroatoms. The van der Waals surface area contributed by atoms with Gasteiger partial charge in [-0.1, -0.05) is 55.9 Å². The van der Waals surface area contributed by atoms with E-state index in [9.17, 15) is 18.4 Å². The Morgan fingerprint density at radius 1 is 1.00 bits per heavy atom. The predicted molar refractivity (Wildman–Crippen MR) is 104 cm³/mol. The minimum Gasteiger partial charge on any atom is -0.344 e. The largest absolute Gasteiger partial charge is 0.344 e. The van der Waals surface area contributed by atoms with Crippen LogP contribution in [0.1, 0.15) is 19.4 Å². The van der Waals surface area contributed by atoms with Crippen molar-refractivity contribution in [1.82, 2.24) is 5.32 Å². The number of benzene rings is 2. The molecule has 0 spiro atoms. The van der Waals surface area contributed by atoms with Gasteiger partial charge in [-0.15, -0.1) is 0 Å². The molecule has 0 aromatic heterocycles. The van der Waals surface area contributed by atoms with Crippen molar-refractivity contribution >= 4 is 29.3 Å². The molecule has 1 unspecified atom stereocenters. The van der Waals surface area contributed by atoms with E-state index in [0.717, 1.165) is 5.56 Å². The Morgan fingerprint density at radius 3 is 2.19 bits per heavy atom. The molecule has 0 aliphatic rings. The number of hydrogen-bond acceptors (Lipinski definition) is 3. The Bertz CT molecular complexity index is 752. The summed E-state index contributed by atoms with van der Waals surface area (Å²) in [6.45, 7) is 3.69. The number of anilines is 1. The molecule has 0 saturated carbocycles. The first kappa shape index (κ1) is 20.9. The highest BCUT2D eigenvalue weighted by Gasteiger charge is 2.24. The zero-order valence-electron chi connectivity index (χ0n) is 15.1. The highest BCUT2D eigenvalue weighted by Crippen LogP contribution is 2.26. The lowest BCUT2D eigenvalue weighted by Gasteiger charge is -2.22. The van der Waals surface area contributed by atoms with Crippen LogP contribution in [0.25, 0.3) is 0 Å². The molecule has 0 bridgehead atoms. The maximum atomic E-state index is 12.6. The minimum atomic E-state index is -2.49. The molecule has 0 saturated heterocycles. The first-order valence-electron chi connectivity index (χ1n) is 8.54. The molecule has 4 nitrogen and oxygen atoms in total. The first-order chi connectivity index (χ1) is 12.8.